The van der Waals surface area contributed by atoms with Crippen LogP contribution in [0.1, 0.15) is 17.0 Å². The lowest BCUT2D eigenvalue weighted by Gasteiger charge is -2.09. The third kappa shape index (κ3) is 5.88. The molecule has 1 N–H and O–H groups in total. The Morgan fingerprint density at radius 2 is 1.86 bits per heavy atom. The summed E-state index contributed by atoms with van der Waals surface area (Å²) >= 11 is 13.3. The average Bonchev–Trinajstić information content (AvgIpc) is 2.98. The van der Waals surface area contributed by atoms with E-state index in [4.69, 9.17) is 27.9 Å². The first-order valence-corrected chi connectivity index (χ1v) is 10.5. The minimum absolute atomic E-state index is 0.103. The predicted octanol–water partition coefficient (Wildman–Crippen LogP) is 5.05. The molecule has 0 radical (unpaired) electrons. The Hall–Kier alpha value is -2.22. The zero-order valence-corrected chi connectivity index (χ0v) is 18.5. The highest BCUT2D eigenvalue weighted by Gasteiger charge is 2.13. The number of thioether (sulfide) groups is 1. The monoisotopic (exact) mass is 450 g/mol. The molecule has 0 aliphatic rings. The van der Waals surface area contributed by atoms with Crippen LogP contribution in [0.25, 0.3) is 0 Å². The second kappa shape index (κ2) is 9.52. The van der Waals surface area contributed by atoms with Gasteiger partial charge >= 0.3 is 0 Å². The summed E-state index contributed by atoms with van der Waals surface area (Å²) in [6.07, 6.45) is 0. The fourth-order valence-electron chi connectivity index (χ4n) is 2.71. The molecule has 3 rings (SSSR count). The van der Waals surface area contributed by atoms with Crippen molar-refractivity contribution in [2.45, 2.75) is 25.6 Å². The molecule has 0 aliphatic heterocycles. The summed E-state index contributed by atoms with van der Waals surface area (Å²) in [5.41, 5.74) is 3.00. The highest BCUT2D eigenvalue weighted by molar-refractivity contribution is 7.99. The topological polar surface area (TPSA) is 69.0 Å². The van der Waals surface area contributed by atoms with E-state index in [1.807, 2.05) is 33.0 Å². The van der Waals surface area contributed by atoms with Gasteiger partial charge in [-0.05, 0) is 55.3 Å². The lowest BCUT2D eigenvalue weighted by molar-refractivity contribution is -0.113. The van der Waals surface area contributed by atoms with Crippen molar-refractivity contribution in [1.82, 2.24) is 14.8 Å². The molecule has 29 heavy (non-hydrogen) atoms. The Bertz CT molecular complexity index is 1020. The number of amides is 1. The highest BCUT2D eigenvalue weighted by atomic mass is 35.5. The zero-order valence-electron chi connectivity index (χ0n) is 16.2. The Balaban J connectivity index is 1.55. The van der Waals surface area contributed by atoms with Gasteiger partial charge in [0.1, 0.15) is 12.4 Å². The van der Waals surface area contributed by atoms with E-state index in [0.29, 0.717) is 26.8 Å². The van der Waals surface area contributed by atoms with E-state index in [9.17, 15) is 4.79 Å². The number of anilines is 1. The quantitative estimate of drug-likeness (QED) is 0.510. The van der Waals surface area contributed by atoms with Crippen LogP contribution in [-0.2, 0) is 18.4 Å². The average molecular weight is 451 g/mol. The van der Waals surface area contributed by atoms with Crippen molar-refractivity contribution in [2.75, 3.05) is 11.1 Å². The predicted molar refractivity (Wildman–Crippen MR) is 117 cm³/mol. The third-order valence-electron chi connectivity index (χ3n) is 4.01. The molecule has 3 aromatic rings. The molecule has 0 saturated heterocycles. The minimum Gasteiger partial charge on any atom is -0.484 e. The van der Waals surface area contributed by atoms with Crippen LogP contribution < -0.4 is 10.1 Å². The molecule has 0 unspecified atom stereocenters. The SMILES string of the molecule is Cc1cc(C)cc(NC(=O)CSc2nnc(COc3ccc(Cl)cc3Cl)n2C)c1. The Morgan fingerprint density at radius 3 is 2.55 bits per heavy atom. The summed E-state index contributed by atoms with van der Waals surface area (Å²) in [6, 6.07) is 11.0. The number of benzene rings is 2. The molecule has 0 aliphatic carbocycles. The molecule has 6 nitrogen and oxygen atoms in total. The Kier molecular flexibility index (Phi) is 7.05. The van der Waals surface area contributed by atoms with E-state index >= 15 is 0 Å². The maximum Gasteiger partial charge on any atom is 0.234 e. The number of halogens is 2. The molecular weight excluding hydrogens is 431 g/mol. The molecule has 0 atom stereocenters. The second-order valence-electron chi connectivity index (χ2n) is 6.53. The minimum atomic E-state index is -0.103. The van der Waals surface area contributed by atoms with Crippen molar-refractivity contribution < 1.29 is 9.53 Å². The van der Waals surface area contributed by atoms with Gasteiger partial charge in [-0.3, -0.25) is 4.79 Å². The Morgan fingerprint density at radius 1 is 1.14 bits per heavy atom. The van der Waals surface area contributed by atoms with Crippen molar-refractivity contribution in [1.29, 1.82) is 0 Å². The summed E-state index contributed by atoms with van der Waals surface area (Å²) in [4.78, 5) is 12.3. The van der Waals surface area contributed by atoms with Gasteiger partial charge in [0, 0.05) is 17.8 Å². The smallest absolute Gasteiger partial charge is 0.234 e. The van der Waals surface area contributed by atoms with E-state index in [1.165, 1.54) is 11.8 Å². The number of aromatic nitrogens is 3. The lowest BCUT2D eigenvalue weighted by atomic mass is 10.1. The van der Waals surface area contributed by atoms with Gasteiger partial charge in [0.05, 0.1) is 10.8 Å². The van der Waals surface area contributed by atoms with Crippen LogP contribution in [-0.4, -0.2) is 26.4 Å². The zero-order chi connectivity index (χ0) is 21.0. The molecule has 1 aromatic heterocycles. The maximum atomic E-state index is 12.3. The number of hydrogen-bond acceptors (Lipinski definition) is 5. The van der Waals surface area contributed by atoms with Crippen molar-refractivity contribution in [3.8, 4) is 5.75 Å². The number of carbonyl (C=O) groups is 1. The molecule has 152 valence electrons. The van der Waals surface area contributed by atoms with Crippen LogP contribution in [0.4, 0.5) is 5.69 Å². The molecule has 0 fully saturated rings. The molecule has 1 heterocycles. The number of ether oxygens (including phenoxy) is 1. The molecule has 2 aromatic carbocycles. The summed E-state index contributed by atoms with van der Waals surface area (Å²) in [6.45, 7) is 4.19. The van der Waals surface area contributed by atoms with Crippen molar-refractivity contribution in [3.63, 3.8) is 0 Å². The van der Waals surface area contributed by atoms with Gasteiger partial charge in [-0.25, -0.2) is 0 Å². The van der Waals surface area contributed by atoms with Gasteiger partial charge in [-0.2, -0.15) is 0 Å². The first kappa shape index (κ1) is 21.5. The van der Waals surface area contributed by atoms with Gasteiger partial charge in [-0.15, -0.1) is 10.2 Å². The lowest BCUT2D eigenvalue weighted by Crippen LogP contribution is -2.14. The normalized spacial score (nSPS) is 10.8. The second-order valence-corrected chi connectivity index (χ2v) is 8.32. The third-order valence-corrected chi connectivity index (χ3v) is 5.56. The number of nitrogens with zero attached hydrogens (tertiary/aromatic N) is 3. The van der Waals surface area contributed by atoms with Crippen molar-refractivity contribution in [3.05, 3.63) is 63.4 Å². The van der Waals surface area contributed by atoms with Crippen LogP contribution >= 0.6 is 35.0 Å². The molecular formula is C20H20Cl2N4O2S. The fraction of sp³-hybridized carbons (Fsp3) is 0.250. The van der Waals surface area contributed by atoms with E-state index in [2.05, 4.69) is 21.6 Å². The maximum absolute atomic E-state index is 12.3. The molecule has 0 saturated carbocycles. The molecule has 0 bridgehead atoms. The first-order valence-electron chi connectivity index (χ1n) is 8.79. The Labute approximate surface area is 183 Å². The van der Waals surface area contributed by atoms with Crippen LogP contribution in [0, 0.1) is 13.8 Å². The first-order chi connectivity index (χ1) is 13.8. The number of hydrogen-bond donors (Lipinski definition) is 1. The van der Waals surface area contributed by atoms with E-state index in [1.54, 1.807) is 22.8 Å². The standard InChI is InChI=1S/C20H20Cl2N4O2S/c1-12-6-13(2)8-15(7-12)23-19(27)11-29-20-25-24-18(26(20)3)10-28-17-5-4-14(21)9-16(17)22/h4-9H,10-11H2,1-3H3,(H,23,27). The largest absolute Gasteiger partial charge is 0.484 e. The number of aryl methyl sites for hydroxylation is 2. The van der Waals surface area contributed by atoms with Crippen LogP contribution in [0.5, 0.6) is 5.75 Å². The van der Waals surface area contributed by atoms with E-state index < -0.39 is 0 Å². The highest BCUT2D eigenvalue weighted by Crippen LogP contribution is 2.28. The summed E-state index contributed by atoms with van der Waals surface area (Å²) in [5.74, 6) is 1.26. The van der Waals surface area contributed by atoms with Gasteiger partial charge in [0.25, 0.3) is 0 Å². The van der Waals surface area contributed by atoms with Crippen LogP contribution in [0.15, 0.2) is 41.6 Å². The summed E-state index contributed by atoms with van der Waals surface area (Å²) < 4.78 is 7.49. The molecule has 0 spiro atoms. The molecule has 1 amide bonds. The summed E-state index contributed by atoms with van der Waals surface area (Å²) in [5, 5.41) is 12.8. The van der Waals surface area contributed by atoms with Gasteiger partial charge in [0.15, 0.2) is 11.0 Å². The fourth-order valence-corrected chi connectivity index (χ4v) is 3.90. The van der Waals surface area contributed by atoms with Crippen molar-refractivity contribution in [2.24, 2.45) is 7.05 Å². The van der Waals surface area contributed by atoms with Gasteiger partial charge < -0.3 is 14.6 Å². The summed E-state index contributed by atoms with van der Waals surface area (Å²) in [7, 11) is 1.83. The number of carbonyl (C=O) groups excluding carboxylic acids is 1. The number of rotatable bonds is 7. The number of nitrogens with one attached hydrogen (secondary N) is 1. The van der Waals surface area contributed by atoms with E-state index in [-0.39, 0.29) is 18.3 Å². The van der Waals surface area contributed by atoms with Crippen LogP contribution in [0.2, 0.25) is 10.0 Å². The van der Waals surface area contributed by atoms with Crippen LogP contribution in [0.3, 0.4) is 0 Å². The van der Waals surface area contributed by atoms with Gasteiger partial charge in [0.2, 0.25) is 5.91 Å². The molecule has 9 heteroatoms. The van der Waals surface area contributed by atoms with Gasteiger partial charge in [-0.1, -0.05) is 41.0 Å². The van der Waals surface area contributed by atoms with Crippen molar-refractivity contribution >= 4 is 46.6 Å². The van der Waals surface area contributed by atoms with E-state index in [0.717, 1.165) is 16.8 Å².